The number of amides is 1. The van der Waals surface area contributed by atoms with E-state index in [1.54, 1.807) is 18.2 Å². The zero-order valence-corrected chi connectivity index (χ0v) is 15.3. The molecule has 0 aliphatic rings. The molecule has 0 aliphatic carbocycles. The minimum absolute atomic E-state index is 0.0777. The SMILES string of the molecule is COCCN(Cc1cc(Cl)ccc1OS(C)(=O)=O)C(=O)c1ccco1. The van der Waals surface area contributed by atoms with Crippen LogP contribution in [0.2, 0.25) is 5.02 Å². The second kappa shape index (κ2) is 8.37. The number of benzene rings is 1. The standard InChI is InChI=1S/C16H18ClNO6S/c1-22-9-7-18(16(19)15-4-3-8-23-15)11-12-10-13(17)5-6-14(12)24-25(2,20)21/h3-6,8,10H,7,9,11H2,1-2H3. The van der Waals surface area contributed by atoms with Gasteiger partial charge in [0.25, 0.3) is 5.91 Å². The van der Waals surface area contributed by atoms with Crippen LogP contribution in [0, 0.1) is 0 Å². The Balaban J connectivity index is 2.31. The molecule has 7 nitrogen and oxygen atoms in total. The van der Waals surface area contributed by atoms with Crippen LogP contribution in [-0.2, 0) is 21.4 Å². The highest BCUT2D eigenvalue weighted by molar-refractivity contribution is 7.86. The third kappa shape index (κ3) is 5.77. The van der Waals surface area contributed by atoms with Crippen LogP contribution < -0.4 is 4.18 Å². The summed E-state index contributed by atoms with van der Waals surface area (Å²) in [6.07, 6.45) is 2.35. The quantitative estimate of drug-likeness (QED) is 0.647. The van der Waals surface area contributed by atoms with Crippen LogP contribution in [0.1, 0.15) is 16.1 Å². The van der Waals surface area contributed by atoms with Crippen molar-refractivity contribution in [1.29, 1.82) is 0 Å². The lowest BCUT2D eigenvalue weighted by Crippen LogP contribution is -2.33. The van der Waals surface area contributed by atoms with Crippen LogP contribution in [0.5, 0.6) is 5.75 Å². The molecule has 0 aliphatic heterocycles. The summed E-state index contributed by atoms with van der Waals surface area (Å²) in [5, 5.41) is 0.396. The normalized spacial score (nSPS) is 11.3. The molecule has 0 radical (unpaired) electrons. The molecule has 25 heavy (non-hydrogen) atoms. The van der Waals surface area contributed by atoms with E-state index in [9.17, 15) is 13.2 Å². The Kier molecular flexibility index (Phi) is 6.46. The van der Waals surface area contributed by atoms with E-state index in [1.807, 2.05) is 0 Å². The van der Waals surface area contributed by atoms with E-state index in [0.29, 0.717) is 17.2 Å². The summed E-state index contributed by atoms with van der Waals surface area (Å²) in [5.74, 6) is -0.0717. The maximum Gasteiger partial charge on any atom is 0.306 e. The highest BCUT2D eigenvalue weighted by atomic mass is 35.5. The van der Waals surface area contributed by atoms with Gasteiger partial charge >= 0.3 is 10.1 Å². The molecule has 136 valence electrons. The Morgan fingerprint density at radius 1 is 1.32 bits per heavy atom. The molecule has 1 aromatic heterocycles. The molecule has 0 spiro atoms. The Morgan fingerprint density at radius 2 is 2.08 bits per heavy atom. The Morgan fingerprint density at radius 3 is 2.68 bits per heavy atom. The molecule has 0 N–H and O–H groups in total. The first-order chi connectivity index (χ1) is 11.8. The summed E-state index contributed by atoms with van der Waals surface area (Å²) < 4.78 is 38.1. The molecule has 1 heterocycles. The number of halogens is 1. The number of furan rings is 1. The summed E-state index contributed by atoms with van der Waals surface area (Å²) in [5.41, 5.74) is 0.453. The van der Waals surface area contributed by atoms with E-state index in [-0.39, 0.29) is 30.5 Å². The van der Waals surface area contributed by atoms with E-state index in [4.69, 9.17) is 24.9 Å². The summed E-state index contributed by atoms with van der Waals surface area (Å²) in [7, 11) is -2.20. The molecule has 0 unspecified atom stereocenters. The van der Waals surface area contributed by atoms with Gasteiger partial charge in [0.05, 0.1) is 19.1 Å². The van der Waals surface area contributed by atoms with E-state index >= 15 is 0 Å². The minimum atomic E-state index is -3.72. The number of methoxy groups -OCH3 is 1. The second-order valence-corrected chi connectivity index (χ2v) is 7.25. The molecular weight excluding hydrogens is 370 g/mol. The van der Waals surface area contributed by atoms with E-state index in [0.717, 1.165) is 6.26 Å². The molecular formula is C16H18ClNO6S. The van der Waals surface area contributed by atoms with Gasteiger partial charge in [-0.25, -0.2) is 0 Å². The monoisotopic (exact) mass is 387 g/mol. The Labute approximate surface area is 151 Å². The number of nitrogens with zero attached hydrogens (tertiary/aromatic N) is 1. The number of ether oxygens (including phenoxy) is 1. The highest BCUT2D eigenvalue weighted by Crippen LogP contribution is 2.26. The van der Waals surface area contributed by atoms with Crippen molar-refractivity contribution in [2.24, 2.45) is 0 Å². The molecule has 0 bridgehead atoms. The summed E-state index contributed by atoms with van der Waals surface area (Å²) in [6, 6.07) is 7.68. The van der Waals surface area contributed by atoms with E-state index in [2.05, 4.69) is 0 Å². The molecule has 1 amide bonds. The largest absolute Gasteiger partial charge is 0.459 e. The van der Waals surface area contributed by atoms with Crippen molar-refractivity contribution in [3.8, 4) is 5.75 Å². The lowest BCUT2D eigenvalue weighted by atomic mass is 10.2. The number of hydrogen-bond acceptors (Lipinski definition) is 6. The molecule has 0 saturated heterocycles. The molecule has 0 saturated carbocycles. The van der Waals surface area contributed by atoms with E-state index in [1.165, 1.54) is 30.4 Å². The summed E-state index contributed by atoms with van der Waals surface area (Å²) in [4.78, 5) is 14.0. The molecule has 0 fully saturated rings. The van der Waals surface area contributed by atoms with Gasteiger partial charge in [0.15, 0.2) is 5.76 Å². The topological polar surface area (TPSA) is 86.0 Å². The fourth-order valence-corrected chi connectivity index (χ4v) is 2.82. The van der Waals surface area contributed by atoms with Crippen LogP contribution in [-0.4, -0.2) is 45.7 Å². The number of hydrogen-bond donors (Lipinski definition) is 0. The summed E-state index contributed by atoms with van der Waals surface area (Å²) in [6.45, 7) is 0.657. The van der Waals surface area contributed by atoms with Gasteiger partial charge < -0.3 is 18.2 Å². The van der Waals surface area contributed by atoms with Gasteiger partial charge in [-0.1, -0.05) is 11.6 Å². The average molecular weight is 388 g/mol. The average Bonchev–Trinajstić information content (AvgIpc) is 3.06. The van der Waals surface area contributed by atoms with Gasteiger partial charge in [-0.2, -0.15) is 8.42 Å². The van der Waals surface area contributed by atoms with Gasteiger partial charge in [0.1, 0.15) is 5.75 Å². The van der Waals surface area contributed by atoms with Crippen molar-refractivity contribution in [3.05, 3.63) is 52.9 Å². The first kappa shape index (κ1) is 19.3. The molecule has 2 rings (SSSR count). The fraction of sp³-hybridized carbons (Fsp3) is 0.312. The van der Waals surface area contributed by atoms with E-state index < -0.39 is 10.1 Å². The molecule has 2 aromatic rings. The highest BCUT2D eigenvalue weighted by Gasteiger charge is 2.21. The van der Waals surface area contributed by atoms with Gasteiger partial charge in [-0.05, 0) is 30.3 Å². The fourth-order valence-electron chi connectivity index (χ4n) is 2.13. The van der Waals surface area contributed by atoms with Crippen molar-refractivity contribution in [2.75, 3.05) is 26.5 Å². The third-order valence-corrected chi connectivity index (χ3v) is 3.93. The van der Waals surface area contributed by atoms with Gasteiger partial charge in [0.2, 0.25) is 0 Å². The summed E-state index contributed by atoms with van der Waals surface area (Å²) >= 11 is 6.00. The van der Waals surface area contributed by atoms with Crippen LogP contribution in [0.15, 0.2) is 41.0 Å². The molecule has 1 aromatic carbocycles. The van der Waals surface area contributed by atoms with Crippen LogP contribution in [0.25, 0.3) is 0 Å². The van der Waals surface area contributed by atoms with Crippen LogP contribution >= 0.6 is 11.6 Å². The zero-order valence-electron chi connectivity index (χ0n) is 13.8. The predicted molar refractivity (Wildman–Crippen MR) is 92.2 cm³/mol. The van der Waals surface area contributed by atoms with Gasteiger partial charge in [-0.3, -0.25) is 4.79 Å². The minimum Gasteiger partial charge on any atom is -0.459 e. The third-order valence-electron chi connectivity index (χ3n) is 3.21. The number of rotatable bonds is 8. The molecule has 9 heteroatoms. The molecule has 0 atom stereocenters. The van der Waals surface area contributed by atoms with Gasteiger partial charge in [0, 0.05) is 30.8 Å². The van der Waals surface area contributed by atoms with Gasteiger partial charge in [-0.15, -0.1) is 0 Å². The lowest BCUT2D eigenvalue weighted by molar-refractivity contribution is 0.0648. The Bertz CT molecular complexity index is 819. The first-order valence-corrected chi connectivity index (χ1v) is 9.49. The van der Waals surface area contributed by atoms with Crippen molar-refractivity contribution >= 4 is 27.6 Å². The second-order valence-electron chi connectivity index (χ2n) is 5.24. The number of carbonyl (C=O) groups excluding carboxylic acids is 1. The maximum atomic E-state index is 12.6. The van der Waals surface area contributed by atoms with Crippen LogP contribution in [0.3, 0.4) is 0 Å². The first-order valence-electron chi connectivity index (χ1n) is 7.30. The smallest absolute Gasteiger partial charge is 0.306 e. The number of carbonyl (C=O) groups is 1. The zero-order chi connectivity index (χ0) is 18.4. The van der Waals surface area contributed by atoms with Crippen molar-refractivity contribution in [3.63, 3.8) is 0 Å². The van der Waals surface area contributed by atoms with Crippen molar-refractivity contribution in [2.45, 2.75) is 6.54 Å². The predicted octanol–water partition coefficient (Wildman–Crippen LogP) is 2.56. The van der Waals surface area contributed by atoms with Crippen molar-refractivity contribution < 1.29 is 26.5 Å². The Hall–Kier alpha value is -2.03. The lowest BCUT2D eigenvalue weighted by Gasteiger charge is -2.22. The van der Waals surface area contributed by atoms with Crippen LogP contribution in [0.4, 0.5) is 0 Å². The maximum absolute atomic E-state index is 12.6. The van der Waals surface area contributed by atoms with Crippen molar-refractivity contribution in [1.82, 2.24) is 4.90 Å².